The molecular weight excluding hydrogens is 274 g/mol. The van der Waals surface area contributed by atoms with Crippen LogP contribution in [0.5, 0.6) is 0 Å². The number of likely N-dealkylation sites (N-methyl/N-ethyl adjacent to an activating group) is 1. The highest BCUT2D eigenvalue weighted by molar-refractivity contribution is 5.96. The number of hydrogen-bond donors (Lipinski definition) is 3. The number of nitrogens with zero attached hydrogens (tertiary/aromatic N) is 1. The van der Waals surface area contributed by atoms with Gasteiger partial charge in [-0.15, -0.1) is 0 Å². The van der Waals surface area contributed by atoms with E-state index in [1.165, 1.54) is 20.9 Å². The maximum Gasteiger partial charge on any atom is 0.323 e. The monoisotopic (exact) mass is 293 g/mol. The van der Waals surface area contributed by atoms with E-state index in [0.717, 1.165) is 4.90 Å². The molecule has 1 aromatic rings. The average Bonchev–Trinajstić information content (AvgIpc) is 2.37. The fraction of sp³-hybridized carbons (Fsp3) is 0.357. The number of benzene rings is 1. The Morgan fingerprint density at radius 2 is 1.76 bits per heavy atom. The van der Waals surface area contributed by atoms with Gasteiger partial charge in [0.25, 0.3) is 0 Å². The molecule has 0 spiro atoms. The summed E-state index contributed by atoms with van der Waals surface area (Å²) in [5.41, 5.74) is -0.625. The van der Waals surface area contributed by atoms with Crippen molar-refractivity contribution in [2.45, 2.75) is 19.4 Å². The van der Waals surface area contributed by atoms with Crippen LogP contribution < -0.4 is 10.6 Å². The van der Waals surface area contributed by atoms with Crippen LogP contribution in [0.1, 0.15) is 13.8 Å². The lowest BCUT2D eigenvalue weighted by molar-refractivity contribution is -0.145. The highest BCUT2D eigenvalue weighted by atomic mass is 16.4. The van der Waals surface area contributed by atoms with Crippen LogP contribution in [0.2, 0.25) is 0 Å². The fourth-order valence-corrected chi connectivity index (χ4v) is 1.77. The predicted octanol–water partition coefficient (Wildman–Crippen LogP) is 1.13. The number of aliphatic carboxylic acids is 1. The Morgan fingerprint density at radius 1 is 1.19 bits per heavy atom. The van der Waals surface area contributed by atoms with E-state index < -0.39 is 30.0 Å². The quantitative estimate of drug-likeness (QED) is 0.757. The number of anilines is 1. The number of nitrogens with one attached hydrogen (secondary N) is 2. The minimum Gasteiger partial charge on any atom is -0.480 e. The standard InChI is InChI=1S/C14H19N3O4/c1-14(2,12(20)17(3)9-11(18)19)16-13(21)15-10-7-5-4-6-8-10/h4-8H,9H2,1-3H3,(H,18,19)(H2,15,16,21). The molecule has 0 aliphatic rings. The molecule has 3 amide bonds. The first-order chi connectivity index (χ1) is 9.72. The molecule has 0 saturated heterocycles. The van der Waals surface area contributed by atoms with Gasteiger partial charge in [-0.25, -0.2) is 4.79 Å². The predicted molar refractivity (Wildman–Crippen MR) is 77.9 cm³/mol. The van der Waals surface area contributed by atoms with Crippen molar-refractivity contribution in [1.82, 2.24) is 10.2 Å². The molecule has 0 unspecified atom stereocenters. The molecule has 21 heavy (non-hydrogen) atoms. The molecule has 0 aliphatic heterocycles. The molecule has 0 saturated carbocycles. The third-order valence-corrected chi connectivity index (χ3v) is 2.71. The number of urea groups is 1. The first-order valence-electron chi connectivity index (χ1n) is 6.34. The largest absolute Gasteiger partial charge is 0.480 e. The molecule has 0 atom stereocenters. The maximum atomic E-state index is 12.1. The van der Waals surface area contributed by atoms with E-state index in [-0.39, 0.29) is 0 Å². The van der Waals surface area contributed by atoms with Crippen molar-refractivity contribution in [3.8, 4) is 0 Å². The molecule has 0 aliphatic carbocycles. The van der Waals surface area contributed by atoms with Gasteiger partial charge in [-0.3, -0.25) is 9.59 Å². The number of carboxylic acid groups (broad SMARTS) is 1. The van der Waals surface area contributed by atoms with Crippen LogP contribution in [0.3, 0.4) is 0 Å². The number of carboxylic acids is 1. The van der Waals surface area contributed by atoms with E-state index in [1.807, 2.05) is 6.07 Å². The summed E-state index contributed by atoms with van der Waals surface area (Å²) < 4.78 is 0. The summed E-state index contributed by atoms with van der Waals surface area (Å²) in [6, 6.07) is 8.25. The number of carbonyl (C=O) groups is 3. The molecule has 114 valence electrons. The Morgan fingerprint density at radius 3 is 2.29 bits per heavy atom. The van der Waals surface area contributed by atoms with Crippen LogP contribution in [-0.2, 0) is 9.59 Å². The second-order valence-electron chi connectivity index (χ2n) is 5.13. The Labute approximate surface area is 122 Å². The third-order valence-electron chi connectivity index (χ3n) is 2.71. The van der Waals surface area contributed by atoms with Crippen molar-refractivity contribution in [2.75, 3.05) is 18.9 Å². The first kappa shape index (κ1) is 16.5. The fourth-order valence-electron chi connectivity index (χ4n) is 1.77. The normalized spacial score (nSPS) is 10.6. The smallest absolute Gasteiger partial charge is 0.323 e. The van der Waals surface area contributed by atoms with E-state index in [2.05, 4.69) is 10.6 Å². The SMILES string of the molecule is CN(CC(=O)O)C(=O)C(C)(C)NC(=O)Nc1ccccc1. The highest BCUT2D eigenvalue weighted by Crippen LogP contribution is 2.09. The van der Waals surface area contributed by atoms with Gasteiger partial charge < -0.3 is 20.6 Å². The summed E-state index contributed by atoms with van der Waals surface area (Å²) in [4.78, 5) is 35.6. The van der Waals surface area contributed by atoms with Gasteiger partial charge in [0.15, 0.2) is 0 Å². The minimum atomic E-state index is -1.22. The Hall–Kier alpha value is -2.57. The van der Waals surface area contributed by atoms with Crippen molar-refractivity contribution in [3.05, 3.63) is 30.3 Å². The summed E-state index contributed by atoms with van der Waals surface area (Å²) in [6.07, 6.45) is 0. The van der Waals surface area contributed by atoms with Crippen molar-refractivity contribution >= 4 is 23.6 Å². The van der Waals surface area contributed by atoms with Crippen LogP contribution in [0, 0.1) is 0 Å². The Balaban J connectivity index is 2.64. The van der Waals surface area contributed by atoms with Crippen molar-refractivity contribution in [1.29, 1.82) is 0 Å². The van der Waals surface area contributed by atoms with Gasteiger partial charge >= 0.3 is 12.0 Å². The van der Waals surface area contributed by atoms with E-state index in [4.69, 9.17) is 5.11 Å². The zero-order chi connectivity index (χ0) is 16.0. The van der Waals surface area contributed by atoms with Gasteiger partial charge in [0.1, 0.15) is 12.1 Å². The van der Waals surface area contributed by atoms with Crippen molar-refractivity contribution in [2.24, 2.45) is 0 Å². The van der Waals surface area contributed by atoms with Gasteiger partial charge in [0.2, 0.25) is 5.91 Å². The molecule has 0 fully saturated rings. The average molecular weight is 293 g/mol. The van der Waals surface area contributed by atoms with Gasteiger partial charge in [-0.2, -0.15) is 0 Å². The molecule has 1 rings (SSSR count). The van der Waals surface area contributed by atoms with Crippen LogP contribution in [0.4, 0.5) is 10.5 Å². The lowest BCUT2D eigenvalue weighted by atomic mass is 10.0. The molecule has 0 radical (unpaired) electrons. The summed E-state index contributed by atoms with van der Waals surface area (Å²) in [7, 11) is 1.37. The minimum absolute atomic E-state index is 0.426. The number of amides is 3. The summed E-state index contributed by atoms with van der Waals surface area (Å²) >= 11 is 0. The number of para-hydroxylation sites is 1. The Bertz CT molecular complexity index is 528. The molecule has 0 aromatic heterocycles. The number of rotatable bonds is 5. The van der Waals surface area contributed by atoms with Crippen LogP contribution >= 0.6 is 0 Å². The lowest BCUT2D eigenvalue weighted by Gasteiger charge is -2.29. The second-order valence-corrected chi connectivity index (χ2v) is 5.13. The van der Waals surface area contributed by atoms with Crippen molar-refractivity contribution in [3.63, 3.8) is 0 Å². The highest BCUT2D eigenvalue weighted by Gasteiger charge is 2.32. The summed E-state index contributed by atoms with van der Waals surface area (Å²) in [5.74, 6) is -1.61. The van der Waals surface area contributed by atoms with E-state index in [1.54, 1.807) is 24.3 Å². The molecule has 0 heterocycles. The molecule has 7 nitrogen and oxygen atoms in total. The lowest BCUT2D eigenvalue weighted by Crippen LogP contribution is -2.56. The number of hydrogen-bond acceptors (Lipinski definition) is 3. The van der Waals surface area contributed by atoms with E-state index in [9.17, 15) is 14.4 Å². The zero-order valence-corrected chi connectivity index (χ0v) is 12.2. The van der Waals surface area contributed by atoms with Gasteiger partial charge in [-0.05, 0) is 26.0 Å². The molecule has 7 heteroatoms. The van der Waals surface area contributed by atoms with Crippen LogP contribution in [-0.4, -0.2) is 47.0 Å². The third kappa shape index (κ3) is 5.13. The van der Waals surface area contributed by atoms with Gasteiger partial charge in [-0.1, -0.05) is 18.2 Å². The van der Waals surface area contributed by atoms with Gasteiger partial charge in [0.05, 0.1) is 0 Å². The van der Waals surface area contributed by atoms with E-state index >= 15 is 0 Å². The topological polar surface area (TPSA) is 98.7 Å². The molecular formula is C14H19N3O4. The molecule has 3 N–H and O–H groups in total. The van der Waals surface area contributed by atoms with Gasteiger partial charge in [0, 0.05) is 12.7 Å². The molecule has 0 bridgehead atoms. The maximum absolute atomic E-state index is 12.1. The zero-order valence-electron chi connectivity index (χ0n) is 12.2. The summed E-state index contributed by atoms with van der Waals surface area (Å²) in [6.45, 7) is 2.60. The van der Waals surface area contributed by atoms with Crippen LogP contribution in [0.25, 0.3) is 0 Å². The van der Waals surface area contributed by atoms with Crippen molar-refractivity contribution < 1.29 is 19.5 Å². The second kappa shape index (κ2) is 6.74. The molecule has 1 aromatic carbocycles. The Kier molecular flexibility index (Phi) is 5.29. The van der Waals surface area contributed by atoms with Crippen LogP contribution in [0.15, 0.2) is 30.3 Å². The summed E-state index contributed by atoms with van der Waals surface area (Å²) in [5, 5.41) is 13.8. The first-order valence-corrected chi connectivity index (χ1v) is 6.34. The number of carbonyl (C=O) groups excluding carboxylic acids is 2. The van der Waals surface area contributed by atoms with E-state index in [0.29, 0.717) is 5.69 Å².